The largest absolute Gasteiger partial charge is 0.524 e. The van der Waals surface area contributed by atoms with Gasteiger partial charge in [0.25, 0.3) is 0 Å². The third-order valence-electron chi connectivity index (χ3n) is 1.85. The van der Waals surface area contributed by atoms with Gasteiger partial charge in [0.05, 0.1) is 7.11 Å². The van der Waals surface area contributed by atoms with Gasteiger partial charge in [-0.3, -0.25) is 9.79 Å². The van der Waals surface area contributed by atoms with E-state index in [1.165, 1.54) is 7.11 Å². The van der Waals surface area contributed by atoms with Gasteiger partial charge in [-0.15, -0.1) is 0 Å². The second-order valence-electron chi connectivity index (χ2n) is 2.92. The number of ether oxygens (including phenoxy) is 1. The fourth-order valence-corrected chi connectivity index (χ4v) is 1.54. The van der Waals surface area contributed by atoms with Gasteiger partial charge in [-0.2, -0.15) is 0 Å². The van der Waals surface area contributed by atoms with Crippen molar-refractivity contribution in [3.05, 3.63) is 23.8 Å². The summed E-state index contributed by atoms with van der Waals surface area (Å²) in [5.74, 6) is 0.362. The molecule has 1 rings (SSSR count). The Kier molecular flexibility index (Phi) is 3.74. The van der Waals surface area contributed by atoms with E-state index in [2.05, 4.69) is 4.52 Å². The van der Waals surface area contributed by atoms with Gasteiger partial charge in [0, 0.05) is 0 Å². The van der Waals surface area contributed by atoms with Crippen molar-refractivity contribution in [2.45, 2.75) is 13.3 Å². The van der Waals surface area contributed by atoms with Gasteiger partial charge in [-0.25, -0.2) is 4.57 Å². The molecule has 0 aliphatic heterocycles. The van der Waals surface area contributed by atoms with E-state index in [-0.39, 0.29) is 5.75 Å². The Morgan fingerprint density at radius 2 is 2.00 bits per heavy atom. The summed E-state index contributed by atoms with van der Waals surface area (Å²) in [7, 11) is -3.13. The topological polar surface area (TPSA) is 76.0 Å². The maximum atomic E-state index is 10.7. The maximum Gasteiger partial charge on any atom is 0.524 e. The van der Waals surface area contributed by atoms with E-state index < -0.39 is 7.82 Å². The smallest absolute Gasteiger partial charge is 0.493 e. The highest BCUT2D eigenvalue weighted by molar-refractivity contribution is 7.46. The van der Waals surface area contributed by atoms with E-state index in [9.17, 15) is 4.57 Å². The van der Waals surface area contributed by atoms with Crippen molar-refractivity contribution in [3.63, 3.8) is 0 Å². The number of hydrogen-bond acceptors (Lipinski definition) is 3. The molecule has 0 atom stereocenters. The maximum absolute atomic E-state index is 10.7. The minimum atomic E-state index is -4.54. The minimum absolute atomic E-state index is 0.0604. The number of phosphoric ester groups is 1. The first kappa shape index (κ1) is 12.0. The summed E-state index contributed by atoms with van der Waals surface area (Å²) >= 11 is 0. The number of rotatable bonds is 4. The van der Waals surface area contributed by atoms with Crippen LogP contribution in [-0.2, 0) is 11.0 Å². The average Bonchev–Trinajstić information content (AvgIpc) is 2.15. The molecule has 84 valence electrons. The molecule has 0 aromatic heterocycles. The molecule has 1 aromatic carbocycles. The summed E-state index contributed by atoms with van der Waals surface area (Å²) in [6.07, 6.45) is 0.752. The Hall–Kier alpha value is -1.03. The van der Waals surface area contributed by atoms with Crippen LogP contribution in [0.15, 0.2) is 18.2 Å². The molecule has 0 fully saturated rings. The van der Waals surface area contributed by atoms with Crippen LogP contribution in [-0.4, -0.2) is 16.9 Å². The van der Waals surface area contributed by atoms with Gasteiger partial charge in [0.15, 0.2) is 11.5 Å². The molecule has 0 aliphatic rings. The molecule has 0 saturated carbocycles. The van der Waals surface area contributed by atoms with Gasteiger partial charge in [-0.05, 0) is 24.1 Å². The standard InChI is InChI=1S/C9H13O5P/c1-3-7-4-5-8(13-2)9(6-7)14-15(10,11)12/h4-6H,3H2,1-2H3,(H2,10,11,12). The van der Waals surface area contributed by atoms with Crippen molar-refractivity contribution in [2.75, 3.05) is 7.11 Å². The molecule has 0 radical (unpaired) electrons. The summed E-state index contributed by atoms with van der Waals surface area (Å²) in [6.45, 7) is 1.93. The number of phosphoric acid groups is 1. The van der Waals surface area contributed by atoms with Crippen LogP contribution in [0.2, 0.25) is 0 Å². The molecular weight excluding hydrogens is 219 g/mol. The van der Waals surface area contributed by atoms with Gasteiger partial charge < -0.3 is 9.26 Å². The minimum Gasteiger partial charge on any atom is -0.493 e. The number of methoxy groups -OCH3 is 1. The van der Waals surface area contributed by atoms with Crippen molar-refractivity contribution in [2.24, 2.45) is 0 Å². The normalized spacial score (nSPS) is 11.2. The highest BCUT2D eigenvalue weighted by Gasteiger charge is 2.19. The third-order valence-corrected chi connectivity index (χ3v) is 2.29. The Morgan fingerprint density at radius 3 is 2.47 bits per heavy atom. The van der Waals surface area contributed by atoms with Crippen molar-refractivity contribution in [1.82, 2.24) is 0 Å². The molecular formula is C9H13O5P. The molecule has 2 N–H and O–H groups in total. The van der Waals surface area contributed by atoms with E-state index in [1.807, 2.05) is 13.0 Å². The van der Waals surface area contributed by atoms with Gasteiger partial charge >= 0.3 is 7.82 Å². The quantitative estimate of drug-likeness (QED) is 0.773. The first-order valence-corrected chi connectivity index (χ1v) is 5.91. The zero-order valence-corrected chi connectivity index (χ0v) is 9.40. The van der Waals surface area contributed by atoms with E-state index in [0.29, 0.717) is 5.75 Å². The Balaban J connectivity index is 3.06. The molecule has 6 heteroatoms. The van der Waals surface area contributed by atoms with Crippen LogP contribution in [0.5, 0.6) is 11.5 Å². The zero-order valence-electron chi connectivity index (χ0n) is 8.51. The second-order valence-corrected chi connectivity index (χ2v) is 4.08. The Bertz CT molecular complexity index is 384. The van der Waals surface area contributed by atoms with Gasteiger partial charge in [0.2, 0.25) is 0 Å². The molecule has 0 bridgehead atoms. The molecule has 0 spiro atoms. The molecule has 0 aliphatic carbocycles. The van der Waals surface area contributed by atoms with Crippen LogP contribution >= 0.6 is 7.82 Å². The van der Waals surface area contributed by atoms with Crippen LogP contribution < -0.4 is 9.26 Å². The van der Waals surface area contributed by atoms with Crippen LogP contribution in [0.4, 0.5) is 0 Å². The van der Waals surface area contributed by atoms with Gasteiger partial charge in [0.1, 0.15) is 0 Å². The Morgan fingerprint density at radius 1 is 1.33 bits per heavy atom. The van der Waals surface area contributed by atoms with E-state index in [1.54, 1.807) is 12.1 Å². The highest BCUT2D eigenvalue weighted by Crippen LogP contribution is 2.42. The summed E-state index contributed by atoms with van der Waals surface area (Å²) in [5.41, 5.74) is 0.916. The molecule has 15 heavy (non-hydrogen) atoms. The predicted octanol–water partition coefficient (Wildman–Crippen LogP) is 1.73. The third kappa shape index (κ3) is 3.55. The van der Waals surface area contributed by atoms with Crippen molar-refractivity contribution >= 4 is 7.82 Å². The lowest BCUT2D eigenvalue weighted by atomic mass is 10.1. The van der Waals surface area contributed by atoms with E-state index in [0.717, 1.165) is 12.0 Å². The van der Waals surface area contributed by atoms with Crippen LogP contribution in [0, 0.1) is 0 Å². The SMILES string of the molecule is CCc1ccc(OC)c(OP(=O)(O)O)c1. The Labute approximate surface area is 87.9 Å². The summed E-state index contributed by atoms with van der Waals surface area (Å²) in [4.78, 5) is 17.4. The van der Waals surface area contributed by atoms with Crippen molar-refractivity contribution in [3.8, 4) is 11.5 Å². The molecule has 0 unspecified atom stereocenters. The monoisotopic (exact) mass is 232 g/mol. The zero-order chi connectivity index (χ0) is 11.5. The number of benzene rings is 1. The first-order valence-electron chi connectivity index (χ1n) is 4.38. The lowest BCUT2D eigenvalue weighted by Crippen LogP contribution is -1.95. The lowest BCUT2D eigenvalue weighted by molar-refractivity contribution is 0.276. The van der Waals surface area contributed by atoms with Gasteiger partial charge in [-0.1, -0.05) is 13.0 Å². The summed E-state index contributed by atoms with van der Waals surface area (Å²) in [5, 5.41) is 0. The van der Waals surface area contributed by atoms with Crippen LogP contribution in [0.1, 0.15) is 12.5 Å². The van der Waals surface area contributed by atoms with Crippen molar-refractivity contribution in [1.29, 1.82) is 0 Å². The second kappa shape index (κ2) is 4.66. The highest BCUT2D eigenvalue weighted by atomic mass is 31.2. The van der Waals surface area contributed by atoms with Crippen LogP contribution in [0.25, 0.3) is 0 Å². The molecule has 0 heterocycles. The molecule has 0 amide bonds. The lowest BCUT2D eigenvalue weighted by Gasteiger charge is -2.11. The van der Waals surface area contributed by atoms with Crippen molar-refractivity contribution < 1.29 is 23.6 Å². The predicted molar refractivity (Wildman–Crippen MR) is 55.0 cm³/mol. The molecule has 0 saturated heterocycles. The average molecular weight is 232 g/mol. The van der Waals surface area contributed by atoms with E-state index in [4.69, 9.17) is 14.5 Å². The summed E-state index contributed by atoms with van der Waals surface area (Å²) < 4.78 is 20.1. The summed E-state index contributed by atoms with van der Waals surface area (Å²) in [6, 6.07) is 4.98. The fraction of sp³-hybridized carbons (Fsp3) is 0.333. The van der Waals surface area contributed by atoms with Crippen LogP contribution in [0.3, 0.4) is 0 Å². The fourth-order valence-electron chi connectivity index (χ4n) is 1.14. The molecule has 5 nitrogen and oxygen atoms in total. The van der Waals surface area contributed by atoms with E-state index >= 15 is 0 Å². The number of aryl methyl sites for hydroxylation is 1. The number of hydrogen-bond donors (Lipinski definition) is 2. The molecule has 1 aromatic rings. The first-order chi connectivity index (χ1) is 6.96.